The van der Waals surface area contributed by atoms with Crippen LogP contribution in [-0.2, 0) is 13.0 Å². The summed E-state index contributed by atoms with van der Waals surface area (Å²) in [5.74, 6) is 2.78. The van der Waals surface area contributed by atoms with Gasteiger partial charge in [-0.05, 0) is 29.7 Å². The van der Waals surface area contributed by atoms with Crippen molar-refractivity contribution in [2.24, 2.45) is 0 Å². The van der Waals surface area contributed by atoms with Crippen molar-refractivity contribution >= 4 is 23.0 Å². The summed E-state index contributed by atoms with van der Waals surface area (Å²) in [6.45, 7) is 1.91. The number of ether oxygens (including phenoxy) is 2. The lowest BCUT2D eigenvalue weighted by molar-refractivity contribution is 0.174. The number of anilines is 4. The molecular formula is C20H19N5O2. The van der Waals surface area contributed by atoms with Gasteiger partial charge in [0.15, 0.2) is 23.1 Å². The molecule has 2 aliphatic rings. The van der Waals surface area contributed by atoms with Gasteiger partial charge < -0.3 is 25.4 Å². The molecule has 136 valence electrons. The Morgan fingerprint density at radius 3 is 2.78 bits per heavy atom. The Balaban J connectivity index is 1.41. The fraction of sp³-hybridized carbons (Fsp3) is 0.200. The number of nitrogens with two attached hydrogens (primary N) is 1. The maximum Gasteiger partial charge on any atom is 0.231 e. The quantitative estimate of drug-likeness (QED) is 0.741. The molecule has 0 atom stereocenters. The van der Waals surface area contributed by atoms with Crippen molar-refractivity contribution in [1.82, 2.24) is 9.97 Å². The van der Waals surface area contributed by atoms with E-state index in [1.54, 1.807) is 6.33 Å². The number of nitrogens with zero attached hydrogens (tertiary/aromatic N) is 3. The van der Waals surface area contributed by atoms with Gasteiger partial charge in [0, 0.05) is 24.8 Å². The molecule has 0 saturated carbocycles. The average molecular weight is 361 g/mol. The third kappa shape index (κ3) is 2.87. The Kier molecular flexibility index (Phi) is 3.71. The molecule has 0 spiro atoms. The molecular weight excluding hydrogens is 342 g/mol. The van der Waals surface area contributed by atoms with E-state index in [4.69, 9.17) is 15.2 Å². The third-order valence-corrected chi connectivity index (χ3v) is 4.93. The second-order valence-electron chi connectivity index (χ2n) is 6.59. The molecule has 0 aliphatic carbocycles. The van der Waals surface area contributed by atoms with Crippen LogP contribution in [0.25, 0.3) is 0 Å². The van der Waals surface area contributed by atoms with Crippen LogP contribution >= 0.6 is 0 Å². The van der Waals surface area contributed by atoms with E-state index in [1.807, 2.05) is 18.2 Å². The van der Waals surface area contributed by atoms with Gasteiger partial charge in [0.1, 0.15) is 12.0 Å². The number of hydrogen-bond acceptors (Lipinski definition) is 7. The number of benzene rings is 2. The Labute approximate surface area is 156 Å². The van der Waals surface area contributed by atoms with E-state index in [2.05, 4.69) is 44.5 Å². The lowest BCUT2D eigenvalue weighted by Crippen LogP contribution is -2.31. The minimum Gasteiger partial charge on any atom is -0.454 e. The second-order valence-corrected chi connectivity index (χ2v) is 6.59. The van der Waals surface area contributed by atoms with Crippen LogP contribution < -0.4 is 25.4 Å². The molecule has 2 aliphatic heterocycles. The predicted molar refractivity (Wildman–Crippen MR) is 103 cm³/mol. The first-order valence-electron chi connectivity index (χ1n) is 8.87. The average Bonchev–Trinajstić information content (AvgIpc) is 3.17. The van der Waals surface area contributed by atoms with E-state index in [0.717, 1.165) is 36.8 Å². The highest BCUT2D eigenvalue weighted by molar-refractivity contribution is 5.79. The molecule has 0 amide bonds. The van der Waals surface area contributed by atoms with Crippen LogP contribution in [0.1, 0.15) is 11.1 Å². The van der Waals surface area contributed by atoms with Crippen LogP contribution in [0.5, 0.6) is 11.5 Å². The van der Waals surface area contributed by atoms with Crippen LogP contribution in [0.15, 0.2) is 48.8 Å². The first-order valence-corrected chi connectivity index (χ1v) is 8.87. The van der Waals surface area contributed by atoms with Gasteiger partial charge in [-0.25, -0.2) is 9.97 Å². The highest BCUT2D eigenvalue weighted by Crippen LogP contribution is 2.36. The van der Waals surface area contributed by atoms with Gasteiger partial charge in [0.2, 0.25) is 6.79 Å². The maximum atomic E-state index is 6.41. The Bertz CT molecular complexity index is 1010. The smallest absolute Gasteiger partial charge is 0.231 e. The Morgan fingerprint density at radius 1 is 1.00 bits per heavy atom. The zero-order valence-corrected chi connectivity index (χ0v) is 14.7. The van der Waals surface area contributed by atoms with Crippen molar-refractivity contribution in [3.05, 3.63) is 59.9 Å². The number of rotatable bonds is 3. The molecule has 3 heterocycles. The molecule has 0 bridgehead atoms. The number of hydrogen-bond donors (Lipinski definition) is 2. The standard InChI is InChI=1S/C20H19N5O2/c21-18-19(24-15-5-6-16-17(9-15)27-12-26-16)22-11-23-20(18)25-8-7-13-3-1-2-4-14(13)10-25/h1-6,9,11H,7-8,10,12,21H2,(H,22,23,24). The van der Waals surface area contributed by atoms with Gasteiger partial charge in [-0.3, -0.25) is 0 Å². The van der Waals surface area contributed by atoms with Crippen LogP contribution in [0.2, 0.25) is 0 Å². The first-order chi connectivity index (χ1) is 13.3. The van der Waals surface area contributed by atoms with Gasteiger partial charge in [-0.2, -0.15) is 0 Å². The fourth-order valence-electron chi connectivity index (χ4n) is 3.53. The van der Waals surface area contributed by atoms with Gasteiger partial charge in [0.25, 0.3) is 0 Å². The zero-order valence-electron chi connectivity index (χ0n) is 14.7. The van der Waals surface area contributed by atoms with E-state index >= 15 is 0 Å². The largest absolute Gasteiger partial charge is 0.454 e. The van der Waals surface area contributed by atoms with Crippen molar-refractivity contribution in [1.29, 1.82) is 0 Å². The van der Waals surface area contributed by atoms with Crippen LogP contribution in [0.3, 0.4) is 0 Å². The van der Waals surface area contributed by atoms with Crippen molar-refractivity contribution in [2.45, 2.75) is 13.0 Å². The van der Waals surface area contributed by atoms with E-state index in [-0.39, 0.29) is 6.79 Å². The molecule has 5 rings (SSSR count). The van der Waals surface area contributed by atoms with E-state index in [1.165, 1.54) is 11.1 Å². The summed E-state index contributed by atoms with van der Waals surface area (Å²) >= 11 is 0. The maximum absolute atomic E-state index is 6.41. The fourth-order valence-corrected chi connectivity index (χ4v) is 3.53. The second kappa shape index (κ2) is 6.35. The van der Waals surface area contributed by atoms with E-state index in [9.17, 15) is 0 Å². The van der Waals surface area contributed by atoms with Gasteiger partial charge in [-0.1, -0.05) is 24.3 Å². The van der Waals surface area contributed by atoms with Gasteiger partial charge in [-0.15, -0.1) is 0 Å². The van der Waals surface area contributed by atoms with Crippen LogP contribution in [0.4, 0.5) is 23.0 Å². The molecule has 0 saturated heterocycles. The summed E-state index contributed by atoms with van der Waals surface area (Å²) in [4.78, 5) is 11.0. The van der Waals surface area contributed by atoms with Crippen molar-refractivity contribution in [3.8, 4) is 11.5 Å². The first kappa shape index (κ1) is 15.7. The van der Waals surface area contributed by atoms with Crippen molar-refractivity contribution in [3.63, 3.8) is 0 Å². The van der Waals surface area contributed by atoms with Crippen LogP contribution in [-0.4, -0.2) is 23.3 Å². The summed E-state index contributed by atoms with van der Waals surface area (Å²) in [5.41, 5.74) is 10.5. The minimum absolute atomic E-state index is 0.245. The van der Waals surface area contributed by atoms with E-state index in [0.29, 0.717) is 17.3 Å². The highest BCUT2D eigenvalue weighted by Gasteiger charge is 2.21. The molecule has 0 fully saturated rings. The topological polar surface area (TPSA) is 85.5 Å². The summed E-state index contributed by atoms with van der Waals surface area (Å²) in [6.07, 6.45) is 2.52. The van der Waals surface area contributed by atoms with Crippen LogP contribution in [0, 0.1) is 0 Å². The van der Waals surface area contributed by atoms with Crippen molar-refractivity contribution < 1.29 is 9.47 Å². The van der Waals surface area contributed by atoms with E-state index < -0.39 is 0 Å². The molecule has 7 heteroatoms. The molecule has 2 aromatic carbocycles. The highest BCUT2D eigenvalue weighted by atomic mass is 16.7. The lowest BCUT2D eigenvalue weighted by Gasteiger charge is -2.30. The van der Waals surface area contributed by atoms with Gasteiger partial charge in [0.05, 0.1) is 0 Å². The molecule has 1 aromatic heterocycles. The Morgan fingerprint density at radius 2 is 1.85 bits per heavy atom. The number of aromatic nitrogens is 2. The molecule has 3 N–H and O–H groups in total. The van der Waals surface area contributed by atoms with Crippen molar-refractivity contribution in [2.75, 3.05) is 29.3 Å². The summed E-state index contributed by atoms with van der Waals surface area (Å²) in [5, 5.41) is 3.26. The molecule has 7 nitrogen and oxygen atoms in total. The third-order valence-electron chi connectivity index (χ3n) is 4.93. The monoisotopic (exact) mass is 361 g/mol. The normalized spacial score (nSPS) is 14.7. The summed E-state index contributed by atoms with van der Waals surface area (Å²) in [7, 11) is 0. The molecule has 27 heavy (non-hydrogen) atoms. The van der Waals surface area contributed by atoms with Gasteiger partial charge >= 0.3 is 0 Å². The minimum atomic E-state index is 0.245. The molecule has 3 aromatic rings. The number of nitrogen functional groups attached to an aromatic ring is 1. The number of fused-ring (bicyclic) bond motifs is 2. The summed E-state index contributed by atoms with van der Waals surface area (Å²) < 4.78 is 10.8. The predicted octanol–water partition coefficient (Wildman–Crippen LogP) is 3.09. The lowest BCUT2D eigenvalue weighted by atomic mass is 10.00. The number of nitrogens with one attached hydrogen (secondary N) is 1. The molecule has 0 radical (unpaired) electrons. The Hall–Kier alpha value is -3.48. The summed E-state index contributed by atoms with van der Waals surface area (Å²) in [6, 6.07) is 14.1. The SMILES string of the molecule is Nc1c(Nc2ccc3c(c2)OCO3)ncnc1N1CCc2ccccc2C1. The zero-order chi connectivity index (χ0) is 18.2. The molecule has 0 unspecified atom stereocenters.